The third-order valence-corrected chi connectivity index (χ3v) is 4.60. The highest BCUT2D eigenvalue weighted by Gasteiger charge is 2.26. The fourth-order valence-corrected chi connectivity index (χ4v) is 3.42. The third-order valence-electron chi connectivity index (χ3n) is 4.60. The summed E-state index contributed by atoms with van der Waals surface area (Å²) in [4.78, 5) is 37.1. The first-order valence-corrected chi connectivity index (χ1v) is 9.28. The van der Waals surface area contributed by atoms with Gasteiger partial charge in [-0.3, -0.25) is 14.9 Å². The molecule has 1 N–H and O–H groups in total. The van der Waals surface area contributed by atoms with E-state index in [9.17, 15) is 19.7 Å². The molecule has 2 rings (SSSR count). The Morgan fingerprint density at radius 2 is 1.96 bits per heavy atom. The molecule has 1 aliphatic heterocycles. The van der Waals surface area contributed by atoms with Gasteiger partial charge in [-0.2, -0.15) is 0 Å². The lowest BCUT2D eigenvalue weighted by molar-refractivity contribution is -0.384. The summed E-state index contributed by atoms with van der Waals surface area (Å²) in [7, 11) is 1.54. The number of nitro benzene ring substituents is 1. The van der Waals surface area contributed by atoms with E-state index >= 15 is 0 Å². The van der Waals surface area contributed by atoms with Gasteiger partial charge in [0.1, 0.15) is 0 Å². The van der Waals surface area contributed by atoms with E-state index < -0.39 is 17.5 Å². The Balaban J connectivity index is 2.05. The lowest BCUT2D eigenvalue weighted by Gasteiger charge is -2.34. The van der Waals surface area contributed by atoms with E-state index in [0.717, 1.165) is 12.5 Å². The maximum atomic E-state index is 12.5. The van der Waals surface area contributed by atoms with Gasteiger partial charge in [0, 0.05) is 44.6 Å². The van der Waals surface area contributed by atoms with Crippen molar-refractivity contribution in [1.29, 1.82) is 0 Å². The average Bonchev–Trinajstić information content (AvgIpc) is 2.65. The van der Waals surface area contributed by atoms with Gasteiger partial charge in [0.15, 0.2) is 6.61 Å². The number of carbonyl (C=O) groups excluding carboxylic acids is 2. The third kappa shape index (κ3) is 5.91. The van der Waals surface area contributed by atoms with Crippen molar-refractivity contribution in [3.8, 4) is 0 Å². The fourth-order valence-electron chi connectivity index (χ4n) is 3.42. The molecule has 2 atom stereocenters. The number of carbonyl (C=O) groups is 2. The van der Waals surface area contributed by atoms with Crippen molar-refractivity contribution in [2.24, 2.45) is 11.8 Å². The molecule has 0 saturated carbocycles. The molecular weight excluding hydrogens is 366 g/mol. The molecule has 0 unspecified atom stereocenters. The zero-order valence-corrected chi connectivity index (χ0v) is 16.5. The van der Waals surface area contributed by atoms with E-state index in [1.807, 2.05) is 0 Å². The molecule has 0 bridgehead atoms. The van der Waals surface area contributed by atoms with Gasteiger partial charge in [0.25, 0.3) is 11.6 Å². The maximum absolute atomic E-state index is 12.5. The number of nitrogens with zero attached hydrogens (tertiary/aromatic N) is 2. The lowest BCUT2D eigenvalue weighted by atomic mass is 9.92. The van der Waals surface area contributed by atoms with Crippen molar-refractivity contribution in [3.05, 3.63) is 33.9 Å². The lowest BCUT2D eigenvalue weighted by Crippen LogP contribution is -2.44. The van der Waals surface area contributed by atoms with Crippen molar-refractivity contribution in [3.63, 3.8) is 0 Å². The first kappa shape index (κ1) is 21.6. The largest absolute Gasteiger partial charge is 0.452 e. The van der Waals surface area contributed by atoms with Crippen molar-refractivity contribution in [1.82, 2.24) is 4.90 Å². The van der Waals surface area contributed by atoms with E-state index in [1.54, 1.807) is 12.0 Å². The summed E-state index contributed by atoms with van der Waals surface area (Å²) in [5, 5.41) is 14.0. The Kier molecular flexibility index (Phi) is 7.74. The van der Waals surface area contributed by atoms with Crippen LogP contribution < -0.4 is 5.32 Å². The highest BCUT2D eigenvalue weighted by atomic mass is 16.6. The Labute approximate surface area is 164 Å². The second-order valence-corrected chi connectivity index (χ2v) is 7.23. The topological polar surface area (TPSA) is 111 Å². The first-order chi connectivity index (χ1) is 13.3. The Morgan fingerprint density at radius 3 is 2.57 bits per heavy atom. The SMILES string of the molecule is COCCNc1ccc([N+](=O)[O-])cc1C(=O)OCC(=O)N1C[C@H](C)C[C@@H](C)C1. The fraction of sp³-hybridized carbons (Fsp3) is 0.579. The van der Waals surface area contributed by atoms with Crippen LogP contribution in [0.2, 0.25) is 0 Å². The van der Waals surface area contributed by atoms with Crippen LogP contribution in [0.4, 0.5) is 11.4 Å². The normalized spacial score (nSPS) is 19.2. The number of amides is 1. The van der Waals surface area contributed by atoms with E-state index in [2.05, 4.69) is 19.2 Å². The van der Waals surface area contributed by atoms with E-state index in [0.29, 0.717) is 43.8 Å². The zero-order chi connectivity index (χ0) is 20.7. The molecule has 1 saturated heterocycles. The second-order valence-electron chi connectivity index (χ2n) is 7.23. The van der Waals surface area contributed by atoms with Gasteiger partial charge in [-0.05, 0) is 24.3 Å². The number of esters is 1. The van der Waals surface area contributed by atoms with Crippen LogP contribution in [-0.2, 0) is 14.3 Å². The summed E-state index contributed by atoms with van der Waals surface area (Å²) in [6, 6.07) is 3.89. The van der Waals surface area contributed by atoms with Gasteiger partial charge in [-0.25, -0.2) is 4.79 Å². The minimum absolute atomic E-state index is 0.0125. The van der Waals surface area contributed by atoms with Crippen molar-refractivity contribution >= 4 is 23.3 Å². The van der Waals surface area contributed by atoms with Gasteiger partial charge in [0.05, 0.1) is 17.1 Å². The molecule has 0 aliphatic carbocycles. The number of benzene rings is 1. The van der Waals surface area contributed by atoms with Gasteiger partial charge >= 0.3 is 5.97 Å². The number of anilines is 1. The molecule has 28 heavy (non-hydrogen) atoms. The summed E-state index contributed by atoms with van der Waals surface area (Å²) >= 11 is 0. The van der Waals surface area contributed by atoms with Crippen molar-refractivity contribution < 1.29 is 24.0 Å². The second kappa shape index (κ2) is 10.0. The minimum atomic E-state index is -0.782. The average molecular weight is 393 g/mol. The summed E-state index contributed by atoms with van der Waals surface area (Å²) in [6.45, 7) is 5.87. The van der Waals surface area contributed by atoms with E-state index in [1.165, 1.54) is 12.1 Å². The van der Waals surface area contributed by atoms with Gasteiger partial charge < -0.3 is 19.7 Å². The Morgan fingerprint density at radius 1 is 1.29 bits per heavy atom. The van der Waals surface area contributed by atoms with Crippen LogP contribution in [0.25, 0.3) is 0 Å². The van der Waals surface area contributed by atoms with E-state index in [-0.39, 0.29) is 17.2 Å². The summed E-state index contributed by atoms with van der Waals surface area (Å²) in [5.41, 5.74) is 0.174. The van der Waals surface area contributed by atoms with Crippen molar-refractivity contribution in [2.75, 3.05) is 45.3 Å². The molecule has 9 heteroatoms. The first-order valence-electron chi connectivity index (χ1n) is 9.28. The molecule has 0 aromatic heterocycles. The number of nitro groups is 1. The van der Waals surface area contributed by atoms with Crippen LogP contribution in [0.15, 0.2) is 18.2 Å². The molecule has 9 nitrogen and oxygen atoms in total. The molecule has 154 valence electrons. The van der Waals surface area contributed by atoms with Gasteiger partial charge in [0.2, 0.25) is 0 Å². The van der Waals surface area contributed by atoms with Gasteiger partial charge in [-0.15, -0.1) is 0 Å². The number of hydrogen-bond acceptors (Lipinski definition) is 7. The number of piperidine rings is 1. The molecule has 1 aliphatic rings. The number of ether oxygens (including phenoxy) is 2. The molecule has 1 amide bonds. The summed E-state index contributed by atoms with van der Waals surface area (Å²) < 4.78 is 10.1. The highest BCUT2D eigenvalue weighted by Crippen LogP contribution is 2.24. The smallest absolute Gasteiger partial charge is 0.341 e. The number of nitrogens with one attached hydrogen (secondary N) is 1. The van der Waals surface area contributed by atoms with Gasteiger partial charge in [-0.1, -0.05) is 13.8 Å². The number of non-ortho nitro benzene ring substituents is 1. The zero-order valence-electron chi connectivity index (χ0n) is 16.5. The summed E-state index contributed by atoms with van der Waals surface area (Å²) in [6.07, 6.45) is 1.06. The van der Waals surface area contributed by atoms with Crippen LogP contribution in [-0.4, -0.2) is 61.7 Å². The van der Waals surface area contributed by atoms with Crippen LogP contribution in [0.1, 0.15) is 30.6 Å². The summed E-state index contributed by atoms with van der Waals surface area (Å²) in [5.74, 6) is -0.241. The van der Waals surface area contributed by atoms with Crippen LogP contribution in [0.5, 0.6) is 0 Å². The predicted octanol–water partition coefficient (Wildman–Crippen LogP) is 2.31. The number of likely N-dealkylation sites (tertiary alicyclic amines) is 1. The Bertz CT molecular complexity index is 714. The van der Waals surface area contributed by atoms with Crippen LogP contribution >= 0.6 is 0 Å². The highest BCUT2D eigenvalue weighted by molar-refractivity contribution is 5.97. The molecule has 1 heterocycles. The molecular formula is C19H27N3O6. The van der Waals surface area contributed by atoms with Crippen LogP contribution in [0.3, 0.4) is 0 Å². The number of rotatable bonds is 8. The van der Waals surface area contributed by atoms with Crippen LogP contribution in [0, 0.1) is 22.0 Å². The molecule has 0 radical (unpaired) electrons. The quantitative estimate of drug-likeness (QED) is 0.312. The standard InChI is InChI=1S/C19H27N3O6/c1-13-8-14(2)11-21(10-13)18(23)12-28-19(24)16-9-15(22(25)26)4-5-17(16)20-6-7-27-3/h4-5,9,13-14,20H,6-8,10-12H2,1-3H3/t13-,14-/m1/s1. The maximum Gasteiger partial charge on any atom is 0.341 e. The molecule has 1 aromatic rings. The predicted molar refractivity (Wildman–Crippen MR) is 103 cm³/mol. The van der Waals surface area contributed by atoms with Crippen molar-refractivity contribution in [2.45, 2.75) is 20.3 Å². The molecule has 1 fully saturated rings. The monoisotopic (exact) mass is 393 g/mol. The number of methoxy groups -OCH3 is 1. The van der Waals surface area contributed by atoms with E-state index in [4.69, 9.17) is 9.47 Å². The number of hydrogen-bond donors (Lipinski definition) is 1. The minimum Gasteiger partial charge on any atom is -0.452 e. The molecule has 0 spiro atoms. The Hall–Kier alpha value is -2.68. The molecule has 1 aromatic carbocycles.